The van der Waals surface area contributed by atoms with Crippen molar-refractivity contribution in [3.63, 3.8) is 0 Å². The smallest absolute Gasteiger partial charge is 0.225 e. The Morgan fingerprint density at radius 1 is 1.29 bits per heavy atom. The van der Waals surface area contributed by atoms with Gasteiger partial charge in [0.05, 0.1) is 18.2 Å². The van der Waals surface area contributed by atoms with Gasteiger partial charge < -0.3 is 5.32 Å². The average Bonchev–Trinajstić information content (AvgIpc) is 2.74. The van der Waals surface area contributed by atoms with E-state index < -0.39 is 0 Å². The molecule has 24 heavy (non-hydrogen) atoms. The molecule has 0 aliphatic carbocycles. The van der Waals surface area contributed by atoms with Crippen LogP contribution in [0.2, 0.25) is 5.02 Å². The van der Waals surface area contributed by atoms with Crippen molar-refractivity contribution in [2.24, 2.45) is 5.92 Å². The number of hydrogen-bond donors (Lipinski definition) is 1. The molecule has 1 unspecified atom stereocenters. The Bertz CT molecular complexity index is 721. The van der Waals surface area contributed by atoms with E-state index in [1.807, 2.05) is 49.7 Å². The predicted molar refractivity (Wildman–Crippen MR) is 98.3 cm³/mol. The Hall–Kier alpha value is -1.81. The average molecular weight is 348 g/mol. The van der Waals surface area contributed by atoms with E-state index in [1.165, 1.54) is 0 Å². The summed E-state index contributed by atoms with van der Waals surface area (Å²) in [6.45, 7) is 11.2. The highest BCUT2D eigenvalue weighted by Gasteiger charge is 2.17. The van der Waals surface area contributed by atoms with Crippen LogP contribution >= 0.6 is 11.6 Å². The first-order valence-corrected chi connectivity index (χ1v) is 8.73. The monoisotopic (exact) mass is 347 g/mol. The van der Waals surface area contributed by atoms with E-state index >= 15 is 0 Å². The Balaban J connectivity index is 2.06. The molecule has 0 saturated heterocycles. The third-order valence-corrected chi connectivity index (χ3v) is 4.37. The summed E-state index contributed by atoms with van der Waals surface area (Å²) in [4.78, 5) is 12.4. The van der Waals surface area contributed by atoms with Crippen LogP contribution in [0.3, 0.4) is 0 Å². The minimum absolute atomic E-state index is 0.00206. The number of carbonyl (C=O) groups excluding carboxylic acids is 1. The van der Waals surface area contributed by atoms with Crippen molar-refractivity contribution in [3.05, 3.63) is 51.8 Å². The summed E-state index contributed by atoms with van der Waals surface area (Å²) >= 11 is 6.02. The van der Waals surface area contributed by atoms with Crippen LogP contribution < -0.4 is 5.32 Å². The molecule has 0 bridgehead atoms. The molecule has 1 amide bonds. The van der Waals surface area contributed by atoms with Crippen molar-refractivity contribution in [3.8, 4) is 0 Å². The van der Waals surface area contributed by atoms with Gasteiger partial charge in [0.25, 0.3) is 0 Å². The molecule has 1 N–H and O–H groups in total. The van der Waals surface area contributed by atoms with Gasteiger partial charge in [0.15, 0.2) is 0 Å². The molecule has 0 fully saturated rings. The first-order valence-electron chi connectivity index (χ1n) is 8.35. The normalized spacial score (nSPS) is 12.5. The molecule has 130 valence electrons. The van der Waals surface area contributed by atoms with Crippen molar-refractivity contribution < 1.29 is 4.79 Å². The van der Waals surface area contributed by atoms with E-state index in [9.17, 15) is 4.79 Å². The molecule has 0 aliphatic rings. The van der Waals surface area contributed by atoms with Crippen LogP contribution in [0.5, 0.6) is 0 Å². The summed E-state index contributed by atoms with van der Waals surface area (Å²) < 4.78 is 2.00. The highest BCUT2D eigenvalue weighted by Crippen LogP contribution is 2.19. The van der Waals surface area contributed by atoms with Crippen molar-refractivity contribution in [2.75, 3.05) is 0 Å². The minimum Gasteiger partial charge on any atom is -0.349 e. The Morgan fingerprint density at radius 3 is 2.62 bits per heavy atom. The largest absolute Gasteiger partial charge is 0.349 e. The fourth-order valence-corrected chi connectivity index (χ4v) is 3.02. The lowest BCUT2D eigenvalue weighted by Crippen LogP contribution is -2.28. The number of hydrogen-bond acceptors (Lipinski definition) is 2. The highest BCUT2D eigenvalue weighted by atomic mass is 35.5. The summed E-state index contributed by atoms with van der Waals surface area (Å²) in [5.74, 6) is 0.519. The second-order valence-electron chi connectivity index (χ2n) is 6.75. The van der Waals surface area contributed by atoms with Gasteiger partial charge in [-0.3, -0.25) is 9.48 Å². The van der Waals surface area contributed by atoms with Gasteiger partial charge in [-0.25, -0.2) is 0 Å². The van der Waals surface area contributed by atoms with E-state index in [4.69, 9.17) is 11.6 Å². The topological polar surface area (TPSA) is 46.9 Å². The van der Waals surface area contributed by atoms with E-state index in [2.05, 4.69) is 24.3 Å². The molecule has 1 aromatic carbocycles. The van der Waals surface area contributed by atoms with E-state index in [-0.39, 0.29) is 11.9 Å². The molecular weight excluding hydrogens is 322 g/mol. The number of amides is 1. The van der Waals surface area contributed by atoms with Crippen LogP contribution in [0.15, 0.2) is 24.3 Å². The molecule has 0 spiro atoms. The first-order chi connectivity index (χ1) is 11.3. The van der Waals surface area contributed by atoms with Gasteiger partial charge in [-0.15, -0.1) is 0 Å². The van der Waals surface area contributed by atoms with E-state index in [0.717, 1.165) is 29.1 Å². The first kappa shape index (κ1) is 18.5. The van der Waals surface area contributed by atoms with Gasteiger partial charge in [-0.1, -0.05) is 37.6 Å². The lowest BCUT2D eigenvalue weighted by atomic mass is 10.1. The lowest BCUT2D eigenvalue weighted by molar-refractivity contribution is -0.121. The number of halogens is 1. The Labute approximate surface area is 149 Å². The fourth-order valence-electron chi connectivity index (χ4n) is 2.83. The zero-order chi connectivity index (χ0) is 17.9. The molecule has 2 rings (SSSR count). The van der Waals surface area contributed by atoms with Gasteiger partial charge in [-0.2, -0.15) is 5.10 Å². The molecule has 5 heteroatoms. The van der Waals surface area contributed by atoms with E-state index in [1.54, 1.807) is 0 Å². The quantitative estimate of drug-likeness (QED) is 0.850. The van der Waals surface area contributed by atoms with Crippen molar-refractivity contribution >= 4 is 17.5 Å². The number of rotatable bonds is 6. The summed E-state index contributed by atoms with van der Waals surface area (Å²) in [6.07, 6.45) is 0.348. The number of aryl methyl sites for hydroxylation is 1. The van der Waals surface area contributed by atoms with Gasteiger partial charge in [0.2, 0.25) is 5.91 Å². The second kappa shape index (κ2) is 7.84. The second-order valence-corrected chi connectivity index (χ2v) is 7.18. The van der Waals surface area contributed by atoms with Crippen LogP contribution in [0.4, 0.5) is 0 Å². The third-order valence-electron chi connectivity index (χ3n) is 4.13. The van der Waals surface area contributed by atoms with E-state index in [0.29, 0.717) is 17.4 Å². The molecule has 0 saturated carbocycles. The number of carbonyl (C=O) groups is 1. The van der Waals surface area contributed by atoms with Gasteiger partial charge in [0.1, 0.15) is 0 Å². The minimum atomic E-state index is -0.0810. The predicted octanol–water partition coefficient (Wildman–Crippen LogP) is 4.23. The fraction of sp³-hybridized carbons (Fsp3) is 0.474. The zero-order valence-electron chi connectivity index (χ0n) is 15.1. The molecular formula is C19H26ClN3O. The number of aromatic nitrogens is 2. The van der Waals surface area contributed by atoms with Crippen molar-refractivity contribution in [1.82, 2.24) is 15.1 Å². The van der Waals surface area contributed by atoms with Crippen LogP contribution in [-0.2, 0) is 17.8 Å². The summed E-state index contributed by atoms with van der Waals surface area (Å²) in [5, 5.41) is 8.29. The van der Waals surface area contributed by atoms with Crippen LogP contribution in [0, 0.1) is 19.8 Å². The molecule has 0 radical (unpaired) electrons. The molecule has 4 nitrogen and oxygen atoms in total. The molecule has 1 heterocycles. The maximum Gasteiger partial charge on any atom is 0.225 e. The standard InChI is InChI=1S/C19H26ClN3O/c1-12(2)11-23-15(5)18(14(4)22-23)10-19(24)21-13(3)16-7-6-8-17(20)9-16/h6-9,12-13H,10-11H2,1-5H3,(H,21,24). The van der Waals surface area contributed by atoms with Crippen molar-refractivity contribution in [2.45, 2.75) is 53.6 Å². The van der Waals surface area contributed by atoms with Gasteiger partial charge in [0, 0.05) is 22.8 Å². The number of nitrogens with zero attached hydrogens (tertiary/aromatic N) is 2. The van der Waals surface area contributed by atoms with Crippen molar-refractivity contribution in [1.29, 1.82) is 0 Å². The summed E-state index contributed by atoms with van der Waals surface area (Å²) in [6, 6.07) is 7.49. The number of nitrogens with one attached hydrogen (secondary N) is 1. The lowest BCUT2D eigenvalue weighted by Gasteiger charge is -2.15. The molecule has 1 aromatic heterocycles. The van der Waals surface area contributed by atoms with Crippen LogP contribution in [0.1, 0.15) is 49.3 Å². The number of benzene rings is 1. The van der Waals surface area contributed by atoms with Crippen LogP contribution in [-0.4, -0.2) is 15.7 Å². The van der Waals surface area contributed by atoms with Gasteiger partial charge >= 0.3 is 0 Å². The van der Waals surface area contributed by atoms with Gasteiger partial charge in [-0.05, 0) is 44.4 Å². The molecule has 1 atom stereocenters. The van der Waals surface area contributed by atoms with Crippen LogP contribution in [0.25, 0.3) is 0 Å². The Morgan fingerprint density at radius 2 is 2.00 bits per heavy atom. The molecule has 2 aromatic rings. The SMILES string of the molecule is Cc1nn(CC(C)C)c(C)c1CC(=O)NC(C)c1cccc(Cl)c1. The highest BCUT2D eigenvalue weighted by molar-refractivity contribution is 6.30. The summed E-state index contributed by atoms with van der Waals surface area (Å²) in [7, 11) is 0. The zero-order valence-corrected chi connectivity index (χ0v) is 15.8. The Kier molecular flexibility index (Phi) is 6.05. The maximum atomic E-state index is 12.4. The molecule has 0 aliphatic heterocycles. The third kappa shape index (κ3) is 4.60. The maximum absolute atomic E-state index is 12.4. The summed E-state index contributed by atoms with van der Waals surface area (Å²) in [5.41, 5.74) is 4.02.